The Morgan fingerprint density at radius 2 is 2.12 bits per heavy atom. The summed E-state index contributed by atoms with van der Waals surface area (Å²) < 4.78 is 0. The zero-order chi connectivity index (χ0) is 12.4. The predicted molar refractivity (Wildman–Crippen MR) is 67.4 cm³/mol. The van der Waals surface area contributed by atoms with E-state index >= 15 is 0 Å². The SMILES string of the molecule is CCN(CC)C1CCc2cc(C(=O)O)ccc21. The summed E-state index contributed by atoms with van der Waals surface area (Å²) in [4.78, 5) is 13.4. The predicted octanol–water partition coefficient (Wildman–Crippen LogP) is 2.71. The van der Waals surface area contributed by atoms with Crippen LogP contribution < -0.4 is 0 Å². The first-order valence-electron chi connectivity index (χ1n) is 6.27. The van der Waals surface area contributed by atoms with Crippen LogP contribution in [-0.2, 0) is 6.42 Å². The Balaban J connectivity index is 2.30. The van der Waals surface area contributed by atoms with E-state index in [1.165, 1.54) is 11.1 Å². The highest BCUT2D eigenvalue weighted by atomic mass is 16.4. The molecule has 0 amide bonds. The summed E-state index contributed by atoms with van der Waals surface area (Å²) in [5.41, 5.74) is 2.93. The van der Waals surface area contributed by atoms with Gasteiger partial charge in [-0.25, -0.2) is 4.79 Å². The molecule has 0 bridgehead atoms. The van der Waals surface area contributed by atoms with E-state index < -0.39 is 5.97 Å². The van der Waals surface area contributed by atoms with Crippen molar-refractivity contribution in [1.82, 2.24) is 4.90 Å². The number of benzene rings is 1. The molecule has 0 aromatic heterocycles. The Kier molecular flexibility index (Phi) is 3.48. The molecular formula is C14H19NO2. The molecule has 2 rings (SSSR count). The summed E-state index contributed by atoms with van der Waals surface area (Å²) in [6.45, 7) is 6.43. The highest BCUT2D eigenvalue weighted by Gasteiger charge is 2.26. The largest absolute Gasteiger partial charge is 0.478 e. The number of carboxylic acid groups (broad SMARTS) is 1. The molecule has 92 valence electrons. The maximum absolute atomic E-state index is 10.9. The van der Waals surface area contributed by atoms with Gasteiger partial charge >= 0.3 is 5.97 Å². The van der Waals surface area contributed by atoms with Crippen LogP contribution in [0.1, 0.15) is 47.8 Å². The molecule has 3 nitrogen and oxygen atoms in total. The lowest BCUT2D eigenvalue weighted by Crippen LogP contribution is -2.26. The van der Waals surface area contributed by atoms with Crippen LogP contribution in [0, 0.1) is 0 Å². The second-order valence-electron chi connectivity index (χ2n) is 4.49. The zero-order valence-corrected chi connectivity index (χ0v) is 10.4. The van der Waals surface area contributed by atoms with Gasteiger partial charge in [0.05, 0.1) is 5.56 Å². The van der Waals surface area contributed by atoms with Crippen molar-refractivity contribution in [2.24, 2.45) is 0 Å². The van der Waals surface area contributed by atoms with Gasteiger partial charge in [-0.1, -0.05) is 19.9 Å². The van der Waals surface area contributed by atoms with Gasteiger partial charge in [-0.05, 0) is 49.2 Å². The van der Waals surface area contributed by atoms with E-state index in [1.807, 2.05) is 12.1 Å². The van der Waals surface area contributed by atoms with Gasteiger partial charge < -0.3 is 5.11 Å². The van der Waals surface area contributed by atoms with E-state index in [0.717, 1.165) is 25.9 Å². The van der Waals surface area contributed by atoms with Crippen LogP contribution in [0.25, 0.3) is 0 Å². The minimum absolute atomic E-state index is 0.406. The Hall–Kier alpha value is -1.35. The van der Waals surface area contributed by atoms with Gasteiger partial charge in [0.1, 0.15) is 0 Å². The normalized spacial score (nSPS) is 18.4. The summed E-state index contributed by atoms with van der Waals surface area (Å²) in [6.07, 6.45) is 2.11. The van der Waals surface area contributed by atoms with Crippen LogP contribution in [-0.4, -0.2) is 29.1 Å². The number of aromatic carboxylic acids is 1. The van der Waals surface area contributed by atoms with Crippen molar-refractivity contribution >= 4 is 5.97 Å². The number of aryl methyl sites for hydroxylation is 1. The molecular weight excluding hydrogens is 214 g/mol. The molecule has 1 aromatic carbocycles. The van der Waals surface area contributed by atoms with Crippen LogP contribution in [0.15, 0.2) is 18.2 Å². The number of hydrogen-bond acceptors (Lipinski definition) is 2. The lowest BCUT2D eigenvalue weighted by molar-refractivity contribution is 0.0696. The fraction of sp³-hybridized carbons (Fsp3) is 0.500. The molecule has 0 aliphatic heterocycles. The van der Waals surface area contributed by atoms with Crippen LogP contribution in [0.3, 0.4) is 0 Å². The highest BCUT2D eigenvalue weighted by Crippen LogP contribution is 2.35. The summed E-state index contributed by atoms with van der Waals surface area (Å²) in [5.74, 6) is -0.834. The maximum atomic E-state index is 10.9. The first kappa shape index (κ1) is 12.1. The zero-order valence-electron chi connectivity index (χ0n) is 10.4. The smallest absolute Gasteiger partial charge is 0.335 e. The number of rotatable bonds is 4. The average Bonchev–Trinajstić information content (AvgIpc) is 2.74. The fourth-order valence-electron chi connectivity index (χ4n) is 2.77. The Morgan fingerprint density at radius 3 is 2.71 bits per heavy atom. The van der Waals surface area contributed by atoms with Crippen molar-refractivity contribution in [2.45, 2.75) is 32.7 Å². The van der Waals surface area contributed by atoms with Gasteiger partial charge in [0.25, 0.3) is 0 Å². The number of nitrogens with zero attached hydrogens (tertiary/aromatic N) is 1. The van der Waals surface area contributed by atoms with Crippen molar-refractivity contribution < 1.29 is 9.90 Å². The molecule has 0 heterocycles. The Labute approximate surface area is 102 Å². The molecule has 3 heteroatoms. The van der Waals surface area contributed by atoms with Crippen LogP contribution in [0.5, 0.6) is 0 Å². The number of carbonyl (C=O) groups is 1. The molecule has 17 heavy (non-hydrogen) atoms. The van der Waals surface area contributed by atoms with E-state index in [2.05, 4.69) is 18.7 Å². The van der Waals surface area contributed by atoms with Crippen LogP contribution >= 0.6 is 0 Å². The van der Waals surface area contributed by atoms with Gasteiger partial charge in [0.2, 0.25) is 0 Å². The molecule has 0 saturated heterocycles. The van der Waals surface area contributed by atoms with Crippen molar-refractivity contribution in [2.75, 3.05) is 13.1 Å². The van der Waals surface area contributed by atoms with E-state index in [9.17, 15) is 4.79 Å². The average molecular weight is 233 g/mol. The maximum Gasteiger partial charge on any atom is 0.335 e. The van der Waals surface area contributed by atoms with Crippen molar-refractivity contribution in [3.8, 4) is 0 Å². The van der Waals surface area contributed by atoms with E-state index in [0.29, 0.717) is 11.6 Å². The van der Waals surface area contributed by atoms with Crippen LogP contribution in [0.2, 0.25) is 0 Å². The van der Waals surface area contributed by atoms with E-state index in [1.54, 1.807) is 6.07 Å². The molecule has 1 aromatic rings. The van der Waals surface area contributed by atoms with Crippen LogP contribution in [0.4, 0.5) is 0 Å². The minimum Gasteiger partial charge on any atom is -0.478 e. The van der Waals surface area contributed by atoms with Gasteiger partial charge in [-0.15, -0.1) is 0 Å². The second-order valence-corrected chi connectivity index (χ2v) is 4.49. The monoisotopic (exact) mass is 233 g/mol. The molecule has 0 spiro atoms. The van der Waals surface area contributed by atoms with E-state index in [4.69, 9.17) is 5.11 Å². The number of carboxylic acids is 1. The molecule has 0 fully saturated rings. The Morgan fingerprint density at radius 1 is 1.41 bits per heavy atom. The third kappa shape index (κ3) is 2.20. The van der Waals surface area contributed by atoms with Crippen molar-refractivity contribution in [3.63, 3.8) is 0 Å². The van der Waals surface area contributed by atoms with Gasteiger partial charge in [0, 0.05) is 6.04 Å². The fourth-order valence-corrected chi connectivity index (χ4v) is 2.77. The molecule has 1 atom stereocenters. The Bertz CT molecular complexity index is 424. The molecule has 1 unspecified atom stereocenters. The van der Waals surface area contributed by atoms with Gasteiger partial charge in [-0.3, -0.25) is 4.90 Å². The van der Waals surface area contributed by atoms with E-state index in [-0.39, 0.29) is 0 Å². The summed E-state index contributed by atoms with van der Waals surface area (Å²) >= 11 is 0. The topological polar surface area (TPSA) is 40.5 Å². The second kappa shape index (κ2) is 4.88. The van der Waals surface area contributed by atoms with Gasteiger partial charge in [0.15, 0.2) is 0 Å². The minimum atomic E-state index is -0.834. The summed E-state index contributed by atoms with van der Waals surface area (Å²) in [7, 11) is 0. The summed E-state index contributed by atoms with van der Waals surface area (Å²) in [6, 6.07) is 6.03. The molecule has 1 N–H and O–H groups in total. The van der Waals surface area contributed by atoms with Crippen molar-refractivity contribution in [1.29, 1.82) is 0 Å². The first-order chi connectivity index (χ1) is 8.17. The number of fused-ring (bicyclic) bond motifs is 1. The molecule has 0 saturated carbocycles. The third-order valence-electron chi connectivity index (χ3n) is 3.69. The molecule has 0 radical (unpaired) electrons. The molecule has 1 aliphatic rings. The van der Waals surface area contributed by atoms with Gasteiger partial charge in [-0.2, -0.15) is 0 Å². The molecule has 1 aliphatic carbocycles. The highest BCUT2D eigenvalue weighted by molar-refractivity contribution is 5.88. The quantitative estimate of drug-likeness (QED) is 0.869. The lowest BCUT2D eigenvalue weighted by atomic mass is 10.0. The van der Waals surface area contributed by atoms with Crippen molar-refractivity contribution in [3.05, 3.63) is 34.9 Å². The standard InChI is InChI=1S/C14H19NO2/c1-3-15(4-2)13-8-6-10-9-11(14(16)17)5-7-12(10)13/h5,7,9,13H,3-4,6,8H2,1-2H3,(H,16,17). The summed E-state index contributed by atoms with van der Waals surface area (Å²) in [5, 5.41) is 8.97. The first-order valence-corrected chi connectivity index (χ1v) is 6.27. The lowest BCUT2D eigenvalue weighted by Gasteiger charge is -2.26. The third-order valence-corrected chi connectivity index (χ3v) is 3.69. The number of hydrogen-bond donors (Lipinski definition) is 1.